The van der Waals surface area contributed by atoms with Gasteiger partial charge in [0.05, 0.1) is 0 Å². The van der Waals surface area contributed by atoms with Gasteiger partial charge < -0.3 is 0 Å². The summed E-state index contributed by atoms with van der Waals surface area (Å²) in [5, 5.41) is 0. The van der Waals surface area contributed by atoms with E-state index in [4.69, 9.17) is 0 Å². The summed E-state index contributed by atoms with van der Waals surface area (Å²) in [6, 6.07) is 0. The van der Waals surface area contributed by atoms with Crippen LogP contribution in [0.25, 0.3) is 0 Å². The number of hydrogen-bond donors (Lipinski definition) is 0. The molecule has 0 amide bonds. The van der Waals surface area contributed by atoms with Crippen LogP contribution in [0.4, 0.5) is 52.7 Å². The van der Waals surface area contributed by atoms with Gasteiger partial charge in [0, 0.05) is 17.1 Å². The molecule has 0 heterocycles. The minimum atomic E-state index is -5.70. The van der Waals surface area contributed by atoms with Crippen LogP contribution in [0.3, 0.4) is 0 Å². The molecule has 0 N–H and O–H groups in total. The number of ketones is 4. The molecule has 0 aromatic carbocycles. The largest absolute Gasteiger partial charge is 0.458 e. The summed E-state index contributed by atoms with van der Waals surface area (Å²) >= 11 is 0. The molecule has 0 fully saturated rings. The number of Topliss-reactive ketones (excluding diaryl/α,β-unsaturated/α-hetero) is 4. The molecular formula is C10H4CuF12O4. The van der Waals surface area contributed by atoms with Gasteiger partial charge in [0.25, 0.3) is 11.6 Å². The van der Waals surface area contributed by atoms with E-state index in [0.29, 0.717) is 0 Å². The van der Waals surface area contributed by atoms with Gasteiger partial charge in [-0.05, 0) is 0 Å². The summed E-state index contributed by atoms with van der Waals surface area (Å²) in [6.45, 7) is -5.26. The van der Waals surface area contributed by atoms with E-state index in [-0.39, 0.29) is 17.1 Å². The van der Waals surface area contributed by atoms with Gasteiger partial charge in [0.15, 0.2) is 13.3 Å². The second-order valence-electron chi connectivity index (χ2n) is 3.99. The van der Waals surface area contributed by atoms with Crippen LogP contribution in [0, 0.1) is 0 Å². The molecule has 0 aromatic rings. The predicted octanol–water partition coefficient (Wildman–Crippen LogP) is 2.58. The van der Waals surface area contributed by atoms with Gasteiger partial charge in [-0.3, -0.25) is 19.2 Å². The molecule has 4 nitrogen and oxygen atoms in total. The molecule has 0 atom stereocenters. The maximum absolute atomic E-state index is 11.9. The van der Waals surface area contributed by atoms with E-state index in [0.717, 1.165) is 0 Å². The molecule has 0 spiro atoms. The Morgan fingerprint density at radius 2 is 0.667 bits per heavy atom. The van der Waals surface area contributed by atoms with Crippen molar-refractivity contribution in [1.82, 2.24) is 0 Å². The van der Waals surface area contributed by atoms with Crippen molar-refractivity contribution in [2.75, 3.05) is 13.3 Å². The third-order valence-electron chi connectivity index (χ3n) is 1.93. The number of halogens is 12. The third-order valence-corrected chi connectivity index (χ3v) is 1.93. The van der Waals surface area contributed by atoms with E-state index < -0.39 is 60.7 Å². The minimum absolute atomic E-state index is 0. The van der Waals surface area contributed by atoms with Gasteiger partial charge in [0.1, 0.15) is 0 Å². The molecule has 0 bridgehead atoms. The summed E-state index contributed by atoms with van der Waals surface area (Å²) < 4.78 is 138. The molecule has 0 aliphatic heterocycles. The van der Waals surface area contributed by atoms with Crippen LogP contribution >= 0.6 is 0 Å². The van der Waals surface area contributed by atoms with Crippen LogP contribution in [0.1, 0.15) is 0 Å². The molecular weight excluding hydrogens is 476 g/mol. The Labute approximate surface area is 150 Å². The van der Waals surface area contributed by atoms with Gasteiger partial charge >= 0.3 is 35.8 Å². The number of alkyl halides is 12. The van der Waals surface area contributed by atoms with E-state index in [1.54, 1.807) is 0 Å². The fourth-order valence-electron chi connectivity index (χ4n) is 0.711. The number of hydrogen-bond acceptors (Lipinski definition) is 4. The van der Waals surface area contributed by atoms with Crippen LogP contribution in [-0.2, 0) is 36.2 Å². The second kappa shape index (κ2) is 10.1. The predicted molar refractivity (Wildman–Crippen MR) is 54.0 cm³/mol. The van der Waals surface area contributed by atoms with Crippen LogP contribution in [0.2, 0.25) is 0 Å². The van der Waals surface area contributed by atoms with Crippen molar-refractivity contribution >= 4 is 23.1 Å². The Kier molecular flexibility index (Phi) is 11.2. The molecule has 0 saturated carbocycles. The van der Waals surface area contributed by atoms with E-state index in [1.165, 1.54) is 0 Å². The van der Waals surface area contributed by atoms with Crippen molar-refractivity contribution in [2.24, 2.45) is 0 Å². The standard InChI is InChI=1S/2C5H2F6O2.Cu/c2*6-1-4(7,8)2(12)3(13)5(9,10)11;/h2*1H2;. The SMILES string of the molecule is O=C(C(=O)C(F)(F)CF)C(F)(F)F.O=C(C(=O)C(F)(F)CF)C(F)(F)F.[Cu]. The summed E-state index contributed by atoms with van der Waals surface area (Å²) in [5.41, 5.74) is 0. The Balaban J connectivity index is -0.000000411. The molecule has 0 saturated heterocycles. The molecule has 0 unspecified atom stereocenters. The zero-order valence-corrected chi connectivity index (χ0v) is 12.8. The summed E-state index contributed by atoms with van der Waals surface area (Å²) in [7, 11) is 0. The van der Waals surface area contributed by atoms with Gasteiger partial charge in [-0.25, -0.2) is 8.78 Å². The van der Waals surface area contributed by atoms with Crippen LogP contribution < -0.4 is 0 Å². The Bertz CT molecular complexity index is 516. The Hall–Kier alpha value is -1.64. The normalized spacial score (nSPS) is 12.3. The first-order valence-corrected chi connectivity index (χ1v) is 5.45. The molecule has 0 rings (SSSR count). The van der Waals surface area contributed by atoms with E-state index in [1.807, 2.05) is 0 Å². The Morgan fingerprint density at radius 1 is 0.481 bits per heavy atom. The zero-order chi connectivity index (χ0) is 21.7. The third kappa shape index (κ3) is 9.21. The molecule has 0 aliphatic rings. The van der Waals surface area contributed by atoms with Crippen molar-refractivity contribution in [3.8, 4) is 0 Å². The molecule has 17 heteroatoms. The smallest absolute Gasteiger partial charge is 0.284 e. The first-order chi connectivity index (χ1) is 11.3. The van der Waals surface area contributed by atoms with Crippen molar-refractivity contribution in [2.45, 2.75) is 24.2 Å². The molecule has 163 valence electrons. The fraction of sp³-hybridized carbons (Fsp3) is 0.600. The second-order valence-corrected chi connectivity index (χ2v) is 3.99. The number of carbonyl (C=O) groups excluding carboxylic acids is 4. The zero-order valence-electron chi connectivity index (χ0n) is 11.9. The average Bonchev–Trinajstić information content (AvgIpc) is 2.50. The van der Waals surface area contributed by atoms with Crippen molar-refractivity contribution < 1.29 is 88.9 Å². The summed E-state index contributed by atoms with van der Waals surface area (Å²) in [5.74, 6) is -22.5. The van der Waals surface area contributed by atoms with Crippen LogP contribution in [-0.4, -0.2) is 60.7 Å². The van der Waals surface area contributed by atoms with Crippen molar-refractivity contribution in [3.63, 3.8) is 0 Å². The van der Waals surface area contributed by atoms with Crippen LogP contribution in [0.15, 0.2) is 0 Å². The molecule has 0 aromatic heterocycles. The van der Waals surface area contributed by atoms with Gasteiger partial charge in [0.2, 0.25) is 0 Å². The molecule has 27 heavy (non-hydrogen) atoms. The monoisotopic (exact) mass is 479 g/mol. The minimum Gasteiger partial charge on any atom is -0.284 e. The molecule has 0 aliphatic carbocycles. The van der Waals surface area contributed by atoms with Gasteiger partial charge in [-0.15, -0.1) is 0 Å². The summed E-state index contributed by atoms with van der Waals surface area (Å²) in [6.07, 6.45) is -11.4. The van der Waals surface area contributed by atoms with Gasteiger partial charge in [-0.1, -0.05) is 0 Å². The first kappa shape index (κ1) is 30.1. The fourth-order valence-corrected chi connectivity index (χ4v) is 0.711. The van der Waals surface area contributed by atoms with E-state index in [2.05, 4.69) is 0 Å². The number of carbonyl (C=O) groups is 4. The summed E-state index contributed by atoms with van der Waals surface area (Å²) in [4.78, 5) is 39.7. The molecule has 1 radical (unpaired) electrons. The van der Waals surface area contributed by atoms with E-state index >= 15 is 0 Å². The Morgan fingerprint density at radius 3 is 0.778 bits per heavy atom. The quantitative estimate of drug-likeness (QED) is 0.334. The average molecular weight is 480 g/mol. The van der Waals surface area contributed by atoms with Crippen molar-refractivity contribution in [3.05, 3.63) is 0 Å². The van der Waals surface area contributed by atoms with Crippen molar-refractivity contribution in [1.29, 1.82) is 0 Å². The number of rotatable bonds is 6. The topological polar surface area (TPSA) is 68.3 Å². The maximum atomic E-state index is 11.9. The van der Waals surface area contributed by atoms with E-state index in [9.17, 15) is 71.9 Å². The van der Waals surface area contributed by atoms with Gasteiger partial charge in [-0.2, -0.15) is 43.9 Å². The van der Waals surface area contributed by atoms with Crippen LogP contribution in [0.5, 0.6) is 0 Å². The maximum Gasteiger partial charge on any atom is 0.458 e. The first-order valence-electron chi connectivity index (χ1n) is 5.45.